The quantitative estimate of drug-likeness (QED) is 0.637. The van der Waals surface area contributed by atoms with Crippen molar-refractivity contribution in [3.8, 4) is 0 Å². The van der Waals surface area contributed by atoms with E-state index in [1.165, 1.54) is 12.3 Å². The van der Waals surface area contributed by atoms with E-state index in [2.05, 4.69) is 4.98 Å². The van der Waals surface area contributed by atoms with Crippen molar-refractivity contribution >= 4 is 11.5 Å². The van der Waals surface area contributed by atoms with E-state index in [0.29, 0.717) is 36.6 Å². The summed E-state index contributed by atoms with van der Waals surface area (Å²) < 4.78 is 32.1. The molecule has 6 nitrogen and oxygen atoms in total. The molecule has 1 saturated heterocycles. The van der Waals surface area contributed by atoms with Crippen LogP contribution in [0.2, 0.25) is 0 Å². The van der Waals surface area contributed by atoms with E-state index in [1.54, 1.807) is 13.0 Å². The zero-order valence-electron chi connectivity index (χ0n) is 12.9. The molecule has 2 heterocycles. The predicted octanol–water partition coefficient (Wildman–Crippen LogP) is 3.15. The Morgan fingerprint density at radius 2 is 2.12 bits per heavy atom. The summed E-state index contributed by atoms with van der Waals surface area (Å²) in [5, 5.41) is 10.9. The van der Waals surface area contributed by atoms with Gasteiger partial charge in [0, 0.05) is 18.7 Å². The lowest BCUT2D eigenvalue weighted by Crippen LogP contribution is -2.39. The molecule has 0 bridgehead atoms. The average Bonchev–Trinajstić information content (AvgIpc) is 2.57. The van der Waals surface area contributed by atoms with Crippen LogP contribution in [0.4, 0.5) is 20.3 Å². The molecule has 1 unspecified atom stereocenters. The molecule has 24 heavy (non-hydrogen) atoms. The summed E-state index contributed by atoms with van der Waals surface area (Å²) in [5.41, 5.74) is 1.02. The molecule has 0 amide bonds. The van der Waals surface area contributed by atoms with Crippen molar-refractivity contribution in [1.82, 2.24) is 4.98 Å². The monoisotopic (exact) mass is 335 g/mol. The number of aryl methyl sites for hydroxylation is 1. The minimum absolute atomic E-state index is 0.0378. The van der Waals surface area contributed by atoms with E-state index in [0.717, 1.165) is 12.1 Å². The molecule has 0 aliphatic carbocycles. The zero-order chi connectivity index (χ0) is 17.3. The number of pyridine rings is 1. The van der Waals surface area contributed by atoms with Crippen LogP contribution in [0.25, 0.3) is 0 Å². The van der Waals surface area contributed by atoms with E-state index < -0.39 is 22.7 Å². The second kappa shape index (κ2) is 6.48. The van der Waals surface area contributed by atoms with E-state index in [4.69, 9.17) is 4.74 Å². The summed E-state index contributed by atoms with van der Waals surface area (Å²) in [6.45, 7) is 3.00. The minimum Gasteiger partial charge on any atom is -0.370 e. The van der Waals surface area contributed by atoms with Crippen molar-refractivity contribution in [2.45, 2.75) is 13.0 Å². The van der Waals surface area contributed by atoms with Crippen molar-refractivity contribution in [2.75, 3.05) is 24.6 Å². The molecular weight excluding hydrogens is 320 g/mol. The van der Waals surface area contributed by atoms with Gasteiger partial charge in [0.15, 0.2) is 11.6 Å². The Morgan fingerprint density at radius 3 is 2.79 bits per heavy atom. The number of nitro groups is 1. The lowest BCUT2D eigenvalue weighted by Gasteiger charge is -2.34. The Kier molecular flexibility index (Phi) is 4.39. The van der Waals surface area contributed by atoms with E-state index in [-0.39, 0.29) is 5.69 Å². The fourth-order valence-electron chi connectivity index (χ4n) is 2.67. The molecule has 1 aromatic carbocycles. The van der Waals surface area contributed by atoms with Gasteiger partial charge >= 0.3 is 0 Å². The smallest absolute Gasteiger partial charge is 0.290 e. The van der Waals surface area contributed by atoms with Crippen LogP contribution in [0, 0.1) is 28.7 Å². The highest BCUT2D eigenvalue weighted by molar-refractivity contribution is 5.49. The van der Waals surface area contributed by atoms with E-state index >= 15 is 0 Å². The molecule has 1 aromatic heterocycles. The lowest BCUT2D eigenvalue weighted by molar-refractivity contribution is -0.385. The molecule has 8 heteroatoms. The molecular formula is C16H15F2N3O3. The molecule has 0 N–H and O–H groups in total. The van der Waals surface area contributed by atoms with Gasteiger partial charge < -0.3 is 9.64 Å². The summed E-state index contributed by atoms with van der Waals surface area (Å²) in [6, 6.07) is 5.33. The highest BCUT2D eigenvalue weighted by Gasteiger charge is 2.25. The second-order valence-electron chi connectivity index (χ2n) is 5.57. The first-order valence-corrected chi connectivity index (χ1v) is 7.38. The molecule has 0 spiro atoms. The topological polar surface area (TPSA) is 68.5 Å². The molecule has 3 rings (SSSR count). The molecule has 1 aliphatic rings. The fourth-order valence-corrected chi connectivity index (χ4v) is 2.67. The van der Waals surface area contributed by atoms with Gasteiger partial charge in [-0.05, 0) is 30.7 Å². The number of halogens is 2. The van der Waals surface area contributed by atoms with Gasteiger partial charge in [0.2, 0.25) is 0 Å². The van der Waals surface area contributed by atoms with Crippen LogP contribution >= 0.6 is 0 Å². The van der Waals surface area contributed by atoms with Gasteiger partial charge in [0.1, 0.15) is 18.1 Å². The first-order chi connectivity index (χ1) is 11.5. The van der Waals surface area contributed by atoms with Crippen LogP contribution in [-0.2, 0) is 4.74 Å². The van der Waals surface area contributed by atoms with Crippen LogP contribution in [-0.4, -0.2) is 29.6 Å². The maximum absolute atomic E-state index is 13.4. The van der Waals surface area contributed by atoms with Crippen LogP contribution in [0.5, 0.6) is 0 Å². The van der Waals surface area contributed by atoms with Crippen LogP contribution in [0.15, 0.2) is 30.5 Å². The number of hydrogen-bond acceptors (Lipinski definition) is 5. The van der Waals surface area contributed by atoms with Crippen molar-refractivity contribution in [1.29, 1.82) is 0 Å². The molecule has 0 saturated carbocycles. The fraction of sp³-hybridized carbons (Fsp3) is 0.312. The summed E-state index contributed by atoms with van der Waals surface area (Å²) >= 11 is 0. The van der Waals surface area contributed by atoms with Gasteiger partial charge in [-0.1, -0.05) is 6.07 Å². The number of aromatic nitrogens is 1. The third kappa shape index (κ3) is 3.18. The number of rotatable bonds is 3. The molecule has 1 fully saturated rings. The lowest BCUT2D eigenvalue weighted by atomic mass is 10.1. The van der Waals surface area contributed by atoms with Gasteiger partial charge in [-0.15, -0.1) is 0 Å². The molecule has 0 radical (unpaired) electrons. The number of anilines is 1. The molecule has 126 valence electrons. The molecule has 1 atom stereocenters. The first-order valence-electron chi connectivity index (χ1n) is 7.38. The Hall–Kier alpha value is -2.61. The summed E-state index contributed by atoms with van der Waals surface area (Å²) in [4.78, 5) is 16.4. The number of morpholine rings is 1. The SMILES string of the molecule is Cc1cc(N2CCOC(c3ccc(F)c(F)c3)C2)ncc1[N+](=O)[O-]. The van der Waals surface area contributed by atoms with Gasteiger partial charge in [-0.3, -0.25) is 10.1 Å². The third-order valence-electron chi connectivity index (χ3n) is 3.97. The van der Waals surface area contributed by atoms with Crippen LogP contribution < -0.4 is 4.90 Å². The van der Waals surface area contributed by atoms with Gasteiger partial charge in [-0.25, -0.2) is 13.8 Å². The van der Waals surface area contributed by atoms with Crippen molar-refractivity contribution < 1.29 is 18.4 Å². The number of nitrogens with zero attached hydrogens (tertiary/aromatic N) is 3. The molecule has 2 aromatic rings. The normalized spacial score (nSPS) is 17.8. The maximum Gasteiger partial charge on any atom is 0.290 e. The first kappa shape index (κ1) is 16.3. The number of hydrogen-bond donors (Lipinski definition) is 0. The Balaban J connectivity index is 1.81. The van der Waals surface area contributed by atoms with Gasteiger partial charge in [0.25, 0.3) is 5.69 Å². The van der Waals surface area contributed by atoms with Crippen molar-refractivity contribution in [3.05, 3.63) is 63.3 Å². The summed E-state index contributed by atoms with van der Waals surface area (Å²) in [7, 11) is 0. The highest BCUT2D eigenvalue weighted by Crippen LogP contribution is 2.28. The zero-order valence-corrected chi connectivity index (χ0v) is 12.9. The predicted molar refractivity (Wildman–Crippen MR) is 82.9 cm³/mol. The Labute approximate surface area is 136 Å². The third-order valence-corrected chi connectivity index (χ3v) is 3.97. The van der Waals surface area contributed by atoms with Crippen LogP contribution in [0.1, 0.15) is 17.2 Å². The van der Waals surface area contributed by atoms with Crippen molar-refractivity contribution in [2.24, 2.45) is 0 Å². The standard InChI is InChI=1S/C16H15F2N3O3/c1-10-6-16(19-8-14(10)21(22)23)20-4-5-24-15(9-20)11-2-3-12(17)13(18)7-11/h2-3,6-8,15H,4-5,9H2,1H3. The van der Waals surface area contributed by atoms with Gasteiger partial charge in [0.05, 0.1) is 11.5 Å². The van der Waals surface area contributed by atoms with Crippen LogP contribution in [0.3, 0.4) is 0 Å². The Bertz CT molecular complexity index is 785. The van der Waals surface area contributed by atoms with E-state index in [9.17, 15) is 18.9 Å². The maximum atomic E-state index is 13.4. The summed E-state index contributed by atoms with van der Waals surface area (Å²) in [6.07, 6.45) is 0.804. The number of ether oxygens (including phenoxy) is 1. The minimum atomic E-state index is -0.919. The largest absolute Gasteiger partial charge is 0.370 e. The Morgan fingerprint density at radius 1 is 1.33 bits per heavy atom. The van der Waals surface area contributed by atoms with E-state index in [1.807, 2.05) is 4.90 Å². The highest BCUT2D eigenvalue weighted by atomic mass is 19.2. The van der Waals surface area contributed by atoms with Crippen molar-refractivity contribution in [3.63, 3.8) is 0 Å². The van der Waals surface area contributed by atoms with Gasteiger partial charge in [-0.2, -0.15) is 0 Å². The molecule has 1 aliphatic heterocycles. The summed E-state index contributed by atoms with van der Waals surface area (Å²) in [5.74, 6) is -1.23. The second-order valence-corrected chi connectivity index (χ2v) is 5.57. The average molecular weight is 335 g/mol. The number of benzene rings is 1.